The van der Waals surface area contributed by atoms with Crippen LogP contribution in [0.15, 0.2) is 66.7 Å². The first-order chi connectivity index (χ1) is 15.3. The summed E-state index contributed by atoms with van der Waals surface area (Å²) in [5.41, 5.74) is 2.11. The molecule has 168 valence electrons. The molecule has 0 aliphatic rings. The molecule has 0 aromatic heterocycles. The number of methoxy groups -OCH3 is 1. The summed E-state index contributed by atoms with van der Waals surface area (Å²) in [6.07, 6.45) is 4.39. The maximum atomic E-state index is 12.4. The highest BCUT2D eigenvalue weighted by Gasteiger charge is 2.30. The number of ether oxygens (including phenoxy) is 1. The molecule has 0 unspecified atom stereocenters. The third-order valence-electron chi connectivity index (χ3n) is 6.04. The molecular formula is C28H33NO3. The minimum absolute atomic E-state index is 0.282. The summed E-state index contributed by atoms with van der Waals surface area (Å²) in [5.74, 6) is -0.235. The summed E-state index contributed by atoms with van der Waals surface area (Å²) >= 11 is 0. The largest absolute Gasteiger partial charge is 0.467 e. The quantitative estimate of drug-likeness (QED) is 0.332. The molecule has 3 aromatic rings. The average molecular weight is 432 g/mol. The molecule has 0 bridgehead atoms. The molecule has 32 heavy (non-hydrogen) atoms. The fourth-order valence-electron chi connectivity index (χ4n) is 4.10. The number of rotatable bonds is 9. The van der Waals surface area contributed by atoms with Gasteiger partial charge in [-0.05, 0) is 73.1 Å². The van der Waals surface area contributed by atoms with Crippen LogP contribution < -0.4 is 5.32 Å². The van der Waals surface area contributed by atoms with E-state index in [0.29, 0.717) is 11.5 Å². The van der Waals surface area contributed by atoms with Crippen LogP contribution in [0.4, 0.5) is 0 Å². The number of amides is 1. The van der Waals surface area contributed by atoms with Crippen LogP contribution in [-0.2, 0) is 16.0 Å². The van der Waals surface area contributed by atoms with Crippen molar-refractivity contribution in [3.05, 3.63) is 83.4 Å². The predicted octanol–water partition coefficient (Wildman–Crippen LogP) is 6.04. The Hall–Kier alpha value is -3.14. The summed E-state index contributed by atoms with van der Waals surface area (Å²) < 4.78 is 4.74. The zero-order valence-electron chi connectivity index (χ0n) is 19.5. The molecule has 1 atom stereocenters. The topological polar surface area (TPSA) is 55.4 Å². The monoisotopic (exact) mass is 431 g/mol. The van der Waals surface area contributed by atoms with Gasteiger partial charge in [-0.25, -0.2) is 4.79 Å². The van der Waals surface area contributed by atoms with Crippen molar-refractivity contribution in [2.24, 2.45) is 0 Å². The van der Waals surface area contributed by atoms with E-state index in [1.54, 1.807) is 13.8 Å². The first kappa shape index (κ1) is 23.5. The second kappa shape index (κ2) is 10.4. The van der Waals surface area contributed by atoms with E-state index in [4.69, 9.17) is 4.74 Å². The third kappa shape index (κ3) is 5.76. The second-order valence-corrected chi connectivity index (χ2v) is 8.98. The second-order valence-electron chi connectivity index (χ2n) is 8.98. The average Bonchev–Trinajstić information content (AvgIpc) is 2.80. The molecule has 0 aliphatic heterocycles. The molecule has 0 saturated carbocycles. The first-order valence-corrected chi connectivity index (χ1v) is 11.3. The number of carbonyl (C=O) groups excluding carboxylic acids is 2. The Morgan fingerprint density at radius 3 is 2.34 bits per heavy atom. The van der Waals surface area contributed by atoms with Crippen molar-refractivity contribution in [3.63, 3.8) is 0 Å². The van der Waals surface area contributed by atoms with E-state index in [1.807, 2.05) is 24.3 Å². The van der Waals surface area contributed by atoms with Crippen molar-refractivity contribution in [1.29, 1.82) is 0 Å². The van der Waals surface area contributed by atoms with Gasteiger partial charge in [-0.2, -0.15) is 0 Å². The Kier molecular flexibility index (Phi) is 7.68. The molecule has 0 fully saturated rings. The van der Waals surface area contributed by atoms with Crippen LogP contribution in [0.25, 0.3) is 10.8 Å². The number of esters is 1. The minimum atomic E-state index is -1.06. The van der Waals surface area contributed by atoms with E-state index in [-0.39, 0.29) is 5.91 Å². The van der Waals surface area contributed by atoms with Gasteiger partial charge in [0, 0.05) is 5.56 Å². The normalized spacial score (nSPS) is 12.4. The highest BCUT2D eigenvalue weighted by atomic mass is 16.5. The van der Waals surface area contributed by atoms with Crippen molar-refractivity contribution in [2.45, 2.75) is 57.9 Å². The molecule has 3 rings (SSSR count). The lowest BCUT2D eigenvalue weighted by atomic mass is 9.90. The van der Waals surface area contributed by atoms with Crippen molar-refractivity contribution in [2.75, 3.05) is 7.11 Å². The van der Waals surface area contributed by atoms with Gasteiger partial charge < -0.3 is 10.1 Å². The van der Waals surface area contributed by atoms with Crippen LogP contribution in [0.5, 0.6) is 0 Å². The number of carbonyl (C=O) groups is 2. The van der Waals surface area contributed by atoms with Crippen LogP contribution >= 0.6 is 0 Å². The van der Waals surface area contributed by atoms with Crippen LogP contribution in [0.3, 0.4) is 0 Å². The molecule has 0 aliphatic carbocycles. The van der Waals surface area contributed by atoms with E-state index in [2.05, 4.69) is 54.7 Å². The van der Waals surface area contributed by atoms with E-state index >= 15 is 0 Å². The summed E-state index contributed by atoms with van der Waals surface area (Å²) in [4.78, 5) is 24.2. The molecule has 0 saturated heterocycles. The number of aryl methyl sites for hydroxylation is 1. The molecule has 4 heteroatoms. The zero-order valence-corrected chi connectivity index (χ0v) is 19.5. The molecular weight excluding hydrogens is 398 g/mol. The molecule has 0 radical (unpaired) electrons. The predicted molar refractivity (Wildman–Crippen MR) is 130 cm³/mol. The van der Waals surface area contributed by atoms with E-state index in [9.17, 15) is 9.59 Å². The lowest BCUT2D eigenvalue weighted by Crippen LogP contribution is -2.50. The summed E-state index contributed by atoms with van der Waals surface area (Å²) in [5, 5.41) is 5.38. The van der Waals surface area contributed by atoms with Gasteiger partial charge in [-0.3, -0.25) is 4.79 Å². The van der Waals surface area contributed by atoms with Crippen LogP contribution in [0.2, 0.25) is 0 Å². The van der Waals surface area contributed by atoms with Gasteiger partial charge in [0.05, 0.1) is 7.11 Å². The Morgan fingerprint density at radius 2 is 1.62 bits per heavy atom. The van der Waals surface area contributed by atoms with E-state index in [0.717, 1.165) is 25.7 Å². The molecule has 3 aromatic carbocycles. The molecule has 1 N–H and O–H groups in total. The Morgan fingerprint density at radius 1 is 0.938 bits per heavy atom. The Bertz CT molecular complexity index is 1060. The van der Waals surface area contributed by atoms with Crippen molar-refractivity contribution in [3.8, 4) is 0 Å². The van der Waals surface area contributed by atoms with Crippen LogP contribution in [0.1, 0.15) is 67.4 Å². The standard InChI is InChI=1S/C28H33NO3/c1-20(24-15-9-13-22-12-7-8-14-25(22)24)10-5-6-11-21-16-18-23(19-17-21)26(30)29-28(2,3)27(31)32-4/h7-9,12-20H,5-6,10-11H2,1-4H3,(H,29,30)/t20-/m0/s1. The lowest BCUT2D eigenvalue weighted by Gasteiger charge is -2.23. The first-order valence-electron chi connectivity index (χ1n) is 11.3. The zero-order chi connectivity index (χ0) is 23.1. The van der Waals surface area contributed by atoms with Crippen molar-refractivity contribution in [1.82, 2.24) is 5.32 Å². The minimum Gasteiger partial charge on any atom is -0.467 e. The third-order valence-corrected chi connectivity index (χ3v) is 6.04. The van der Waals surface area contributed by atoms with Crippen LogP contribution in [-0.4, -0.2) is 24.5 Å². The Balaban J connectivity index is 1.49. The fourth-order valence-corrected chi connectivity index (χ4v) is 4.10. The van der Waals surface area contributed by atoms with Gasteiger partial charge >= 0.3 is 5.97 Å². The number of hydrogen-bond acceptors (Lipinski definition) is 3. The molecule has 0 spiro atoms. The summed E-state index contributed by atoms with van der Waals surface area (Å²) in [6.45, 7) is 5.57. The maximum absolute atomic E-state index is 12.4. The van der Waals surface area contributed by atoms with Crippen molar-refractivity contribution >= 4 is 22.6 Å². The molecule has 1 amide bonds. The number of hydrogen-bond donors (Lipinski definition) is 1. The molecule has 4 nitrogen and oxygen atoms in total. The number of nitrogens with one attached hydrogen (secondary N) is 1. The van der Waals surface area contributed by atoms with Gasteiger partial charge in [-0.1, -0.05) is 67.9 Å². The fraction of sp³-hybridized carbons (Fsp3) is 0.357. The van der Waals surface area contributed by atoms with Gasteiger partial charge in [0.25, 0.3) is 5.91 Å². The highest BCUT2D eigenvalue weighted by molar-refractivity contribution is 5.97. The van der Waals surface area contributed by atoms with Crippen molar-refractivity contribution < 1.29 is 14.3 Å². The maximum Gasteiger partial charge on any atom is 0.330 e. The van der Waals surface area contributed by atoms with E-state index < -0.39 is 11.5 Å². The van der Waals surface area contributed by atoms with Gasteiger partial charge in [-0.15, -0.1) is 0 Å². The Labute approximate surface area is 191 Å². The highest BCUT2D eigenvalue weighted by Crippen LogP contribution is 2.29. The van der Waals surface area contributed by atoms with Gasteiger partial charge in [0.1, 0.15) is 5.54 Å². The number of unbranched alkanes of at least 4 members (excludes halogenated alkanes) is 1. The smallest absolute Gasteiger partial charge is 0.330 e. The summed E-state index contributed by atoms with van der Waals surface area (Å²) in [6, 6.07) is 22.8. The number of benzene rings is 3. The SMILES string of the molecule is COC(=O)C(C)(C)NC(=O)c1ccc(CCCC[C@H](C)c2cccc3ccccc23)cc1. The van der Waals surface area contributed by atoms with Gasteiger partial charge in [0.15, 0.2) is 0 Å². The van der Waals surface area contributed by atoms with Crippen LogP contribution in [0, 0.1) is 0 Å². The van der Waals surface area contributed by atoms with E-state index in [1.165, 1.54) is 29.0 Å². The summed E-state index contributed by atoms with van der Waals surface area (Å²) in [7, 11) is 1.31. The molecule has 0 heterocycles. The van der Waals surface area contributed by atoms with Gasteiger partial charge in [0.2, 0.25) is 0 Å². The number of fused-ring (bicyclic) bond motifs is 1. The lowest BCUT2D eigenvalue weighted by molar-refractivity contribution is -0.146.